The summed E-state index contributed by atoms with van der Waals surface area (Å²) in [7, 11) is 2.00. The lowest BCUT2D eigenvalue weighted by molar-refractivity contribution is 0.0884. The average Bonchev–Trinajstić information content (AvgIpc) is 2.50. The van der Waals surface area contributed by atoms with Gasteiger partial charge in [-0.15, -0.1) is 0 Å². The molecule has 1 aliphatic carbocycles. The van der Waals surface area contributed by atoms with Crippen molar-refractivity contribution in [3.05, 3.63) is 60.2 Å². The van der Waals surface area contributed by atoms with Crippen molar-refractivity contribution in [1.29, 1.82) is 0 Å². The van der Waals surface area contributed by atoms with E-state index in [0.717, 1.165) is 24.3 Å². The van der Waals surface area contributed by atoms with Crippen LogP contribution in [0.5, 0.6) is 11.5 Å². The van der Waals surface area contributed by atoms with Crippen LogP contribution in [-0.2, 0) is 6.61 Å². The van der Waals surface area contributed by atoms with Gasteiger partial charge in [-0.3, -0.25) is 0 Å². The Morgan fingerprint density at radius 3 is 2.29 bits per heavy atom. The minimum Gasteiger partial charge on any atom is -0.490 e. The van der Waals surface area contributed by atoms with E-state index in [-0.39, 0.29) is 0 Å². The van der Waals surface area contributed by atoms with Crippen LogP contribution in [0.1, 0.15) is 18.4 Å². The van der Waals surface area contributed by atoms with Crippen molar-refractivity contribution in [2.45, 2.75) is 31.6 Å². The highest BCUT2D eigenvalue weighted by atomic mass is 16.5. The molecule has 1 aliphatic rings. The lowest BCUT2D eigenvalue weighted by atomic mass is 9.89. The summed E-state index contributed by atoms with van der Waals surface area (Å²) in [6.45, 7) is 0.591. The van der Waals surface area contributed by atoms with Gasteiger partial charge in [-0.1, -0.05) is 30.3 Å². The summed E-state index contributed by atoms with van der Waals surface area (Å²) in [6, 6.07) is 18.7. The monoisotopic (exact) mass is 283 g/mol. The fraction of sp³-hybridized carbons (Fsp3) is 0.333. The maximum atomic E-state index is 5.90. The zero-order valence-electron chi connectivity index (χ0n) is 12.3. The summed E-state index contributed by atoms with van der Waals surface area (Å²) < 4.78 is 11.7. The molecule has 1 N–H and O–H groups in total. The Hall–Kier alpha value is -2.00. The molecule has 0 spiro atoms. The molecule has 21 heavy (non-hydrogen) atoms. The molecular weight excluding hydrogens is 262 g/mol. The van der Waals surface area contributed by atoms with Gasteiger partial charge in [-0.25, -0.2) is 0 Å². The summed E-state index contributed by atoms with van der Waals surface area (Å²) in [5, 5.41) is 3.26. The van der Waals surface area contributed by atoms with Crippen LogP contribution in [0.4, 0.5) is 0 Å². The Kier molecular flexibility index (Phi) is 4.41. The Morgan fingerprint density at radius 1 is 0.952 bits per heavy atom. The second-order valence-electron chi connectivity index (χ2n) is 5.44. The van der Waals surface area contributed by atoms with E-state index >= 15 is 0 Å². The largest absolute Gasteiger partial charge is 0.490 e. The molecule has 2 aromatic rings. The summed E-state index contributed by atoms with van der Waals surface area (Å²) in [4.78, 5) is 0. The highest BCUT2D eigenvalue weighted by Gasteiger charge is 2.29. The lowest BCUT2D eigenvalue weighted by Gasteiger charge is -2.35. The molecule has 3 heteroatoms. The lowest BCUT2D eigenvalue weighted by Crippen LogP contribution is -2.45. The minimum absolute atomic E-state index is 0.346. The van der Waals surface area contributed by atoms with Crippen molar-refractivity contribution in [2.24, 2.45) is 0 Å². The van der Waals surface area contributed by atoms with Gasteiger partial charge in [0.2, 0.25) is 0 Å². The average molecular weight is 283 g/mol. The van der Waals surface area contributed by atoms with Gasteiger partial charge < -0.3 is 14.8 Å². The second kappa shape index (κ2) is 6.64. The fourth-order valence-electron chi connectivity index (χ4n) is 2.45. The number of hydrogen-bond donors (Lipinski definition) is 1. The van der Waals surface area contributed by atoms with Crippen LogP contribution in [0.2, 0.25) is 0 Å². The van der Waals surface area contributed by atoms with Crippen LogP contribution in [0.25, 0.3) is 0 Å². The van der Waals surface area contributed by atoms with E-state index in [1.54, 1.807) is 0 Å². The molecule has 0 heterocycles. The first-order valence-corrected chi connectivity index (χ1v) is 7.44. The van der Waals surface area contributed by atoms with Crippen molar-refractivity contribution in [3.63, 3.8) is 0 Å². The van der Waals surface area contributed by atoms with E-state index in [9.17, 15) is 0 Å². The molecule has 0 bridgehead atoms. The molecule has 0 radical (unpaired) electrons. The van der Waals surface area contributed by atoms with Crippen LogP contribution in [0.3, 0.4) is 0 Å². The predicted octanol–water partition coefficient (Wildman–Crippen LogP) is 3.39. The zero-order chi connectivity index (χ0) is 14.5. The molecule has 0 aliphatic heterocycles. The van der Waals surface area contributed by atoms with Gasteiger partial charge in [0.05, 0.1) is 0 Å². The number of benzene rings is 2. The van der Waals surface area contributed by atoms with Gasteiger partial charge in [0.25, 0.3) is 0 Å². The standard InChI is InChI=1S/C18H21NO2/c1-19-15-11-18(12-15)21-17-9-7-16(8-10-17)20-13-14-5-3-2-4-6-14/h2-10,15,18-19H,11-13H2,1H3. The van der Waals surface area contributed by atoms with Crippen molar-refractivity contribution >= 4 is 0 Å². The Morgan fingerprint density at radius 2 is 1.62 bits per heavy atom. The maximum Gasteiger partial charge on any atom is 0.120 e. The molecule has 0 aromatic heterocycles. The molecular formula is C18H21NO2. The van der Waals surface area contributed by atoms with E-state index in [4.69, 9.17) is 9.47 Å². The predicted molar refractivity (Wildman–Crippen MR) is 83.7 cm³/mol. The van der Waals surface area contributed by atoms with E-state index in [0.29, 0.717) is 18.8 Å². The quantitative estimate of drug-likeness (QED) is 0.881. The van der Waals surface area contributed by atoms with E-state index in [1.165, 1.54) is 5.56 Å². The van der Waals surface area contributed by atoms with Gasteiger partial charge in [0, 0.05) is 6.04 Å². The molecule has 2 aromatic carbocycles. The minimum atomic E-state index is 0.346. The molecule has 0 unspecified atom stereocenters. The molecule has 110 valence electrons. The highest BCUT2D eigenvalue weighted by Crippen LogP contribution is 2.27. The molecule has 0 atom stereocenters. The topological polar surface area (TPSA) is 30.5 Å². The summed E-state index contributed by atoms with van der Waals surface area (Å²) >= 11 is 0. The third-order valence-electron chi connectivity index (χ3n) is 3.88. The molecule has 3 nitrogen and oxygen atoms in total. The Bertz CT molecular complexity index is 547. The Balaban J connectivity index is 1.48. The van der Waals surface area contributed by atoms with E-state index in [1.807, 2.05) is 49.5 Å². The number of nitrogens with one attached hydrogen (secondary N) is 1. The SMILES string of the molecule is CNC1CC(Oc2ccc(OCc3ccccc3)cc2)C1. The van der Waals surface area contributed by atoms with Crippen LogP contribution >= 0.6 is 0 Å². The zero-order valence-corrected chi connectivity index (χ0v) is 12.3. The first-order chi connectivity index (χ1) is 10.3. The van der Waals surface area contributed by atoms with Gasteiger partial charge in [0.15, 0.2) is 0 Å². The van der Waals surface area contributed by atoms with Crippen LogP contribution < -0.4 is 14.8 Å². The van der Waals surface area contributed by atoms with Gasteiger partial charge in [0.1, 0.15) is 24.2 Å². The van der Waals surface area contributed by atoms with Gasteiger partial charge >= 0.3 is 0 Å². The van der Waals surface area contributed by atoms with Crippen LogP contribution in [0, 0.1) is 0 Å². The second-order valence-corrected chi connectivity index (χ2v) is 5.44. The Labute approximate surface area is 125 Å². The van der Waals surface area contributed by atoms with Crippen molar-refractivity contribution < 1.29 is 9.47 Å². The number of hydrogen-bond acceptors (Lipinski definition) is 3. The first-order valence-electron chi connectivity index (χ1n) is 7.44. The summed E-state index contributed by atoms with van der Waals surface area (Å²) in [5.41, 5.74) is 1.17. The fourth-order valence-corrected chi connectivity index (χ4v) is 2.45. The summed E-state index contributed by atoms with van der Waals surface area (Å²) in [5.74, 6) is 1.79. The molecule has 0 saturated heterocycles. The van der Waals surface area contributed by atoms with E-state index in [2.05, 4.69) is 17.4 Å². The smallest absolute Gasteiger partial charge is 0.120 e. The van der Waals surface area contributed by atoms with Crippen LogP contribution in [0.15, 0.2) is 54.6 Å². The summed E-state index contributed by atoms with van der Waals surface area (Å²) in [6.07, 6.45) is 2.52. The highest BCUT2D eigenvalue weighted by molar-refractivity contribution is 5.32. The molecule has 1 saturated carbocycles. The first kappa shape index (κ1) is 14.0. The number of ether oxygens (including phenoxy) is 2. The number of rotatable bonds is 6. The van der Waals surface area contributed by atoms with Crippen molar-refractivity contribution in [3.8, 4) is 11.5 Å². The van der Waals surface area contributed by atoms with Gasteiger partial charge in [-0.05, 0) is 49.7 Å². The molecule has 3 rings (SSSR count). The third-order valence-corrected chi connectivity index (χ3v) is 3.88. The van der Waals surface area contributed by atoms with Gasteiger partial charge in [-0.2, -0.15) is 0 Å². The van der Waals surface area contributed by atoms with E-state index < -0.39 is 0 Å². The molecule has 1 fully saturated rings. The maximum absolute atomic E-state index is 5.90. The third kappa shape index (κ3) is 3.76. The van der Waals surface area contributed by atoms with Crippen molar-refractivity contribution in [1.82, 2.24) is 5.32 Å². The van der Waals surface area contributed by atoms with Crippen molar-refractivity contribution in [2.75, 3.05) is 7.05 Å². The van der Waals surface area contributed by atoms with Crippen LogP contribution in [-0.4, -0.2) is 19.2 Å². The molecule has 0 amide bonds. The normalized spacial score (nSPS) is 20.6.